The third-order valence-electron chi connectivity index (χ3n) is 4.86. The van der Waals surface area contributed by atoms with Crippen LogP contribution in [-0.2, 0) is 21.2 Å². The van der Waals surface area contributed by atoms with Crippen molar-refractivity contribution in [2.75, 3.05) is 21.5 Å². The fourth-order valence-corrected chi connectivity index (χ4v) is 5.11. The van der Waals surface area contributed by atoms with Crippen molar-refractivity contribution in [2.24, 2.45) is 0 Å². The first-order chi connectivity index (χ1) is 13.9. The molecular formula is C20H20N4O3S2. The molecule has 1 atom stereocenters. The number of hydrogen-bond donors (Lipinski definition) is 2. The van der Waals surface area contributed by atoms with Gasteiger partial charge in [-0.3, -0.25) is 9.52 Å². The number of para-hydroxylation sites is 1. The standard InChI is InChI=1S/C20H20N4O3S2/c1-14(24-12-10-15-4-2-3-5-18(15)24)19(25)22-16-6-8-17(9-7-16)29(26,27)23-20-21-11-13-28-20/h2-9,11,13-14H,10,12H2,1H3,(H,21,23)(H,22,25). The van der Waals surface area contributed by atoms with E-state index >= 15 is 0 Å². The highest BCUT2D eigenvalue weighted by molar-refractivity contribution is 7.93. The first kappa shape index (κ1) is 19.4. The van der Waals surface area contributed by atoms with Crippen LogP contribution in [-0.4, -0.2) is 31.9 Å². The maximum Gasteiger partial charge on any atom is 0.263 e. The van der Waals surface area contributed by atoms with Crippen molar-refractivity contribution in [3.63, 3.8) is 0 Å². The van der Waals surface area contributed by atoms with E-state index in [9.17, 15) is 13.2 Å². The van der Waals surface area contributed by atoms with Gasteiger partial charge in [-0.05, 0) is 49.2 Å². The Hall–Kier alpha value is -2.91. The van der Waals surface area contributed by atoms with Crippen molar-refractivity contribution in [2.45, 2.75) is 24.3 Å². The summed E-state index contributed by atoms with van der Waals surface area (Å²) in [5.74, 6) is -0.141. The molecule has 0 saturated heterocycles. The maximum atomic E-state index is 12.7. The lowest BCUT2D eigenvalue weighted by atomic mass is 10.1. The fraction of sp³-hybridized carbons (Fsp3) is 0.200. The molecule has 1 unspecified atom stereocenters. The van der Waals surface area contributed by atoms with Crippen LogP contribution in [0.5, 0.6) is 0 Å². The van der Waals surface area contributed by atoms with Crippen LogP contribution in [0.4, 0.5) is 16.5 Å². The summed E-state index contributed by atoms with van der Waals surface area (Å²) in [6.45, 7) is 2.67. The largest absolute Gasteiger partial charge is 0.359 e. The smallest absolute Gasteiger partial charge is 0.263 e. The number of benzene rings is 2. The number of rotatable bonds is 6. The van der Waals surface area contributed by atoms with Gasteiger partial charge in [0.1, 0.15) is 6.04 Å². The molecule has 7 nitrogen and oxygen atoms in total. The van der Waals surface area contributed by atoms with Crippen molar-refractivity contribution in [1.29, 1.82) is 0 Å². The van der Waals surface area contributed by atoms with Crippen LogP contribution >= 0.6 is 11.3 Å². The van der Waals surface area contributed by atoms with Crippen LogP contribution in [0.1, 0.15) is 12.5 Å². The SMILES string of the molecule is CC(C(=O)Nc1ccc(S(=O)(=O)Nc2nccs2)cc1)N1CCc2ccccc21. The summed E-state index contributed by atoms with van der Waals surface area (Å²) in [6.07, 6.45) is 2.45. The van der Waals surface area contributed by atoms with Gasteiger partial charge in [-0.25, -0.2) is 13.4 Å². The molecule has 0 spiro atoms. The summed E-state index contributed by atoms with van der Waals surface area (Å²) in [6, 6.07) is 13.8. The highest BCUT2D eigenvalue weighted by Gasteiger charge is 2.27. The molecule has 2 N–H and O–H groups in total. The zero-order valence-corrected chi connectivity index (χ0v) is 17.3. The molecule has 0 bridgehead atoms. The fourth-order valence-electron chi connectivity index (χ4n) is 3.32. The van der Waals surface area contributed by atoms with E-state index in [2.05, 4.69) is 26.0 Å². The summed E-state index contributed by atoms with van der Waals surface area (Å²) in [4.78, 5) is 18.8. The van der Waals surface area contributed by atoms with Crippen LogP contribution in [0.15, 0.2) is 65.0 Å². The lowest BCUT2D eigenvalue weighted by Crippen LogP contribution is -2.41. The lowest BCUT2D eigenvalue weighted by Gasteiger charge is -2.26. The van der Waals surface area contributed by atoms with Crippen molar-refractivity contribution in [1.82, 2.24) is 4.98 Å². The third-order valence-corrected chi connectivity index (χ3v) is 7.03. The summed E-state index contributed by atoms with van der Waals surface area (Å²) >= 11 is 1.20. The van der Waals surface area contributed by atoms with Crippen LogP contribution in [0.3, 0.4) is 0 Å². The Morgan fingerprint density at radius 1 is 1.17 bits per heavy atom. The Kier molecular flexibility index (Phi) is 5.25. The number of thiazole rings is 1. The van der Waals surface area contributed by atoms with Gasteiger partial charge in [0, 0.05) is 29.5 Å². The Morgan fingerprint density at radius 3 is 2.66 bits per heavy atom. The number of fused-ring (bicyclic) bond motifs is 1. The molecule has 0 radical (unpaired) electrons. The van der Waals surface area contributed by atoms with Crippen molar-refractivity contribution >= 4 is 43.8 Å². The Morgan fingerprint density at radius 2 is 1.93 bits per heavy atom. The number of nitrogens with zero attached hydrogens (tertiary/aromatic N) is 2. The van der Waals surface area contributed by atoms with Crippen molar-refractivity contribution < 1.29 is 13.2 Å². The number of nitrogens with one attached hydrogen (secondary N) is 2. The summed E-state index contributed by atoms with van der Waals surface area (Å²) < 4.78 is 27.2. The minimum absolute atomic E-state index is 0.104. The zero-order chi connectivity index (χ0) is 20.4. The second-order valence-electron chi connectivity index (χ2n) is 6.70. The van der Waals surface area contributed by atoms with E-state index in [1.807, 2.05) is 25.1 Å². The van der Waals surface area contributed by atoms with Crippen molar-refractivity contribution in [3.8, 4) is 0 Å². The van der Waals surface area contributed by atoms with Gasteiger partial charge in [0.25, 0.3) is 10.0 Å². The Balaban J connectivity index is 1.43. The molecule has 2 aromatic carbocycles. The van der Waals surface area contributed by atoms with E-state index in [1.54, 1.807) is 17.5 Å². The second-order valence-corrected chi connectivity index (χ2v) is 9.28. The van der Waals surface area contributed by atoms with Gasteiger partial charge < -0.3 is 10.2 Å². The van der Waals surface area contributed by atoms with Gasteiger partial charge in [-0.15, -0.1) is 11.3 Å². The maximum absolute atomic E-state index is 12.7. The average Bonchev–Trinajstić information content (AvgIpc) is 3.37. The lowest BCUT2D eigenvalue weighted by molar-refractivity contribution is -0.117. The van der Waals surface area contributed by atoms with Crippen LogP contribution in [0, 0.1) is 0 Å². The van der Waals surface area contributed by atoms with Crippen LogP contribution in [0.25, 0.3) is 0 Å². The molecule has 0 fully saturated rings. The predicted molar refractivity (Wildman–Crippen MR) is 115 cm³/mol. The van der Waals surface area contributed by atoms with Gasteiger partial charge in [0.15, 0.2) is 5.13 Å². The molecule has 1 aliphatic rings. The number of carbonyl (C=O) groups excluding carboxylic acids is 1. The number of hydrogen-bond acceptors (Lipinski definition) is 6. The van der Waals surface area contributed by atoms with Gasteiger partial charge in [-0.1, -0.05) is 18.2 Å². The third kappa shape index (κ3) is 4.10. The second kappa shape index (κ2) is 7.84. The van der Waals surface area contributed by atoms with E-state index < -0.39 is 10.0 Å². The molecule has 1 aliphatic heterocycles. The molecule has 3 aromatic rings. The van der Waals surface area contributed by atoms with E-state index in [0.717, 1.165) is 18.7 Å². The van der Waals surface area contributed by atoms with E-state index in [1.165, 1.54) is 35.2 Å². The zero-order valence-electron chi connectivity index (χ0n) is 15.7. The molecule has 2 heterocycles. The number of amides is 1. The summed E-state index contributed by atoms with van der Waals surface area (Å²) in [5.41, 5.74) is 2.88. The first-order valence-corrected chi connectivity index (χ1v) is 11.5. The van der Waals surface area contributed by atoms with Gasteiger partial charge in [-0.2, -0.15) is 0 Å². The molecule has 29 heavy (non-hydrogen) atoms. The van der Waals surface area contributed by atoms with Crippen LogP contribution in [0.2, 0.25) is 0 Å². The number of anilines is 3. The number of sulfonamides is 1. The van der Waals surface area contributed by atoms with Gasteiger partial charge in [0.05, 0.1) is 4.90 Å². The van der Waals surface area contributed by atoms with Crippen LogP contribution < -0.4 is 14.9 Å². The highest BCUT2D eigenvalue weighted by atomic mass is 32.2. The molecule has 4 rings (SSSR count). The predicted octanol–water partition coefficient (Wildman–Crippen LogP) is 3.33. The average molecular weight is 429 g/mol. The van der Waals surface area contributed by atoms with Gasteiger partial charge >= 0.3 is 0 Å². The normalized spacial score (nSPS) is 14.3. The Bertz CT molecular complexity index is 1110. The molecule has 0 aliphatic carbocycles. The summed E-state index contributed by atoms with van der Waals surface area (Å²) in [7, 11) is -3.71. The number of aromatic nitrogens is 1. The number of carbonyl (C=O) groups is 1. The van der Waals surface area contributed by atoms with Gasteiger partial charge in [0.2, 0.25) is 5.91 Å². The first-order valence-electron chi connectivity index (χ1n) is 9.12. The minimum atomic E-state index is -3.71. The summed E-state index contributed by atoms with van der Waals surface area (Å²) in [5, 5.41) is 4.87. The molecular weight excluding hydrogens is 408 g/mol. The van der Waals surface area contributed by atoms with E-state index in [-0.39, 0.29) is 16.8 Å². The molecule has 150 valence electrons. The quantitative estimate of drug-likeness (QED) is 0.628. The molecule has 1 aromatic heterocycles. The topological polar surface area (TPSA) is 91.4 Å². The molecule has 9 heteroatoms. The molecule has 0 saturated carbocycles. The minimum Gasteiger partial charge on any atom is -0.359 e. The van der Waals surface area contributed by atoms with Crippen molar-refractivity contribution in [3.05, 3.63) is 65.7 Å². The molecule has 1 amide bonds. The van der Waals surface area contributed by atoms with E-state index in [0.29, 0.717) is 10.8 Å². The van der Waals surface area contributed by atoms with E-state index in [4.69, 9.17) is 0 Å². The Labute approximate surface area is 173 Å². The highest BCUT2D eigenvalue weighted by Crippen LogP contribution is 2.29. The monoisotopic (exact) mass is 428 g/mol.